The third-order valence-corrected chi connectivity index (χ3v) is 27.1. The molecule has 0 aliphatic carbocycles. The zero-order chi connectivity index (χ0) is 97.0. The van der Waals surface area contributed by atoms with E-state index in [1.54, 1.807) is 68.1 Å². The highest BCUT2D eigenvalue weighted by molar-refractivity contribution is 5.93. The maximum absolute atomic E-state index is 13.5. The van der Waals surface area contributed by atoms with E-state index in [1.165, 1.54) is 25.7 Å². The van der Waals surface area contributed by atoms with Crippen molar-refractivity contribution in [1.82, 2.24) is 19.6 Å². The summed E-state index contributed by atoms with van der Waals surface area (Å²) < 4.78 is 23.2. The van der Waals surface area contributed by atoms with E-state index in [2.05, 4.69) is 152 Å². The van der Waals surface area contributed by atoms with E-state index in [1.807, 2.05) is 180 Å². The van der Waals surface area contributed by atoms with Crippen LogP contribution >= 0.6 is 0 Å². The molecule has 0 bridgehead atoms. The number of ether oxygens (including phenoxy) is 4. The summed E-state index contributed by atoms with van der Waals surface area (Å²) in [5.74, 6) is 0.427. The monoisotopic (exact) mass is 1800 g/mol. The van der Waals surface area contributed by atoms with E-state index in [0.717, 1.165) is 43.1 Å². The van der Waals surface area contributed by atoms with E-state index in [4.69, 9.17) is 58.0 Å². The zero-order valence-electron chi connectivity index (χ0n) is 83.6. The summed E-state index contributed by atoms with van der Waals surface area (Å²) >= 11 is 0. The molecule has 24 heteroatoms. The predicted molar refractivity (Wildman–Crippen MR) is 503 cm³/mol. The molecule has 0 aromatic heterocycles. The first-order valence-corrected chi connectivity index (χ1v) is 46.0. The van der Waals surface area contributed by atoms with Gasteiger partial charge in [-0.2, -0.15) is 19.6 Å². The highest BCUT2D eigenvalue weighted by atomic mass is 17.3. The second-order valence-electron chi connectivity index (χ2n) is 47.3. The first-order valence-electron chi connectivity index (χ1n) is 46.0. The summed E-state index contributed by atoms with van der Waals surface area (Å²) in [4.78, 5) is 109. The van der Waals surface area contributed by atoms with Gasteiger partial charge in [0.2, 0.25) is 22.9 Å². The van der Waals surface area contributed by atoms with Gasteiger partial charge in [0.25, 0.3) is 0 Å². The number of hydrogen-bond acceptors (Lipinski definition) is 20. The van der Waals surface area contributed by atoms with Gasteiger partial charge >= 0.3 is 24.4 Å². The highest BCUT2D eigenvalue weighted by Gasteiger charge is 2.88. The van der Waals surface area contributed by atoms with Gasteiger partial charge in [-0.1, -0.05) is 275 Å². The maximum Gasteiger partial charge on any atom is 0.413 e. The molecule has 8 heterocycles. The highest BCUT2D eigenvalue weighted by Crippen LogP contribution is 2.76. The van der Waals surface area contributed by atoms with Crippen LogP contribution in [-0.4, -0.2) is 135 Å². The molecule has 4 amide bonds. The molecule has 8 aliphatic rings. The number of rotatable bonds is 7. The molecular weight excluding hydrogens is 1650 g/mol. The van der Waals surface area contributed by atoms with Crippen molar-refractivity contribution in [3.8, 4) is 23.0 Å². The van der Waals surface area contributed by atoms with Gasteiger partial charge in [-0.05, 0) is 175 Å². The van der Waals surface area contributed by atoms with Crippen molar-refractivity contribution in [2.45, 2.75) is 329 Å². The second kappa shape index (κ2) is 32.8. The molecular formula is C106H146N4O20. The molecule has 8 saturated heterocycles. The number of aromatic hydroxyl groups is 4. The van der Waals surface area contributed by atoms with Gasteiger partial charge in [-0.25, -0.2) is 38.7 Å². The lowest BCUT2D eigenvalue weighted by Crippen LogP contribution is -2.75. The van der Waals surface area contributed by atoms with Gasteiger partial charge in [0.05, 0.1) is 0 Å². The summed E-state index contributed by atoms with van der Waals surface area (Å²) in [5.41, 5.74) is -11.9. The predicted octanol–water partition coefficient (Wildman–Crippen LogP) is 25.5. The van der Waals surface area contributed by atoms with Gasteiger partial charge < -0.3 is 39.4 Å². The fourth-order valence-corrected chi connectivity index (χ4v) is 23.5. The lowest BCUT2D eigenvalue weighted by Gasteiger charge is -2.63. The van der Waals surface area contributed by atoms with Crippen molar-refractivity contribution >= 4 is 67.5 Å². The smallest absolute Gasteiger partial charge is 0.413 e. The summed E-state index contributed by atoms with van der Waals surface area (Å²) in [6.45, 7) is 69.9. The Balaban J connectivity index is 0.000000153. The molecule has 8 fully saturated rings. The van der Waals surface area contributed by atoms with Crippen LogP contribution in [0.15, 0.2) is 146 Å². The number of likely N-dealkylation sites (tertiary alicyclic amines) is 4. The fourth-order valence-electron chi connectivity index (χ4n) is 23.5. The molecule has 4 N–H and O–H groups in total. The number of unbranched alkanes of at least 4 members (excludes halogenated alkanes) is 3. The van der Waals surface area contributed by atoms with Crippen LogP contribution in [0.5, 0.6) is 23.0 Å². The molecule has 8 aliphatic heterocycles. The summed E-state index contributed by atoms with van der Waals surface area (Å²) in [6.07, 6.45) is 3.66. The summed E-state index contributed by atoms with van der Waals surface area (Å²) in [7, 11) is 0. The molecule has 16 rings (SSSR count). The van der Waals surface area contributed by atoms with Gasteiger partial charge in [-0.3, -0.25) is 19.6 Å². The van der Waals surface area contributed by atoms with Crippen molar-refractivity contribution in [3.05, 3.63) is 168 Å². The third kappa shape index (κ3) is 15.5. The Morgan fingerprint density at radius 1 is 0.285 bits per heavy atom. The molecule has 0 radical (unpaired) electrons. The first-order chi connectivity index (χ1) is 59.6. The average Bonchev–Trinajstić information content (AvgIpc) is 1.42. The van der Waals surface area contributed by atoms with Crippen molar-refractivity contribution in [2.24, 2.45) is 43.3 Å². The van der Waals surface area contributed by atoms with Crippen LogP contribution in [0.1, 0.15) is 283 Å². The van der Waals surface area contributed by atoms with Crippen molar-refractivity contribution in [3.63, 3.8) is 0 Å². The van der Waals surface area contributed by atoms with E-state index in [-0.39, 0.29) is 23.0 Å². The fraction of sp³-hybridized carbons (Fsp3) is 0.585. The SMILES string of the molecule is CC(C)(C)OC(=O)N1CC(C)(C)[C@@]2(C(C)(C)C)OO[C@@]12c1cc(O)cc2ccccc12.CC(C)(C)OC(=O)N1CC(C)(C)[C@@]2(C(C)(C)C)OO[C@@]12c1cc(O)cc2ccccc12.CC(C)(C)OC(=O)N1CC(C)(C)[C@]2(C(C)(C)C)OO[C@]12c1cc(O)cc2ccccc12.CC(C)(C)OC(=O)N1CC(C)(C)[C@]2(C(C)(C)C)OO[C@]12c1cc(O)cc2ccccc12.CCCCCC. The lowest BCUT2D eigenvalue weighted by molar-refractivity contribution is -0.603. The van der Waals surface area contributed by atoms with Gasteiger partial charge in [0, 0.05) is 91.8 Å². The van der Waals surface area contributed by atoms with E-state index in [0.29, 0.717) is 48.4 Å². The Hall–Kier alpha value is -9.24. The number of nitrogens with zero attached hydrogens (tertiary/aromatic N) is 4. The van der Waals surface area contributed by atoms with Gasteiger partial charge in [-0.15, -0.1) is 0 Å². The van der Waals surface area contributed by atoms with Crippen LogP contribution in [0.4, 0.5) is 19.2 Å². The van der Waals surface area contributed by atoms with Crippen LogP contribution in [0, 0.1) is 43.3 Å². The lowest BCUT2D eigenvalue weighted by atomic mass is 9.57. The van der Waals surface area contributed by atoms with Gasteiger partial charge in [0.1, 0.15) is 45.4 Å². The summed E-state index contributed by atoms with van der Waals surface area (Å²) in [6, 6.07) is 44.7. The number of hydrogen-bond donors (Lipinski definition) is 4. The minimum Gasteiger partial charge on any atom is -0.508 e. The van der Waals surface area contributed by atoms with Crippen molar-refractivity contribution in [2.75, 3.05) is 26.2 Å². The number of carbonyl (C=O) groups excluding carboxylic acids is 4. The van der Waals surface area contributed by atoms with E-state index < -0.39 is 135 Å². The average molecular weight is 1800 g/mol. The Labute approximate surface area is 769 Å². The number of amides is 4. The molecule has 8 atom stereocenters. The standard InChI is InChI=1S/4C25H33NO5.C6H14/c4*1-21(2,3)25-23(7,8)15-26(20(28)29-22(4,5)6)24(25,30-31-25)19-14-17(27)13-16-11-9-10-12-18(16)19;1-3-5-6-4-2/h4*9-14,27H,15H2,1-8H3;3-6H2,1-2H3/t4*24-,25-;/m1100./s1. The molecule has 0 spiro atoms. The number of fused-ring (bicyclic) bond motifs is 8. The first kappa shape index (κ1) is 99.8. The molecule has 0 saturated carbocycles. The Kier molecular flexibility index (Phi) is 25.2. The molecule has 8 aromatic carbocycles. The second-order valence-corrected chi connectivity index (χ2v) is 47.3. The van der Waals surface area contributed by atoms with Crippen LogP contribution in [-0.2, 0) is 80.9 Å². The molecule has 24 nitrogen and oxygen atoms in total. The minimum atomic E-state index is -1.25. The molecule has 130 heavy (non-hydrogen) atoms. The largest absolute Gasteiger partial charge is 0.508 e. The number of benzene rings is 8. The number of phenols is 4. The summed E-state index contributed by atoms with van der Waals surface area (Å²) in [5, 5.41) is 49.4. The zero-order valence-corrected chi connectivity index (χ0v) is 83.6. The quantitative estimate of drug-likeness (QED) is 0.0656. The van der Waals surface area contributed by atoms with Gasteiger partial charge in [0.15, 0.2) is 22.4 Å². The topological polar surface area (TPSA) is 273 Å². The van der Waals surface area contributed by atoms with E-state index in [9.17, 15) is 39.6 Å². The Morgan fingerprint density at radius 3 is 0.592 bits per heavy atom. The van der Waals surface area contributed by atoms with Crippen LogP contribution < -0.4 is 0 Å². The Bertz CT molecular complexity index is 4950. The van der Waals surface area contributed by atoms with Crippen LogP contribution in [0.3, 0.4) is 0 Å². The van der Waals surface area contributed by atoms with Crippen molar-refractivity contribution < 1.29 is 97.7 Å². The Morgan fingerprint density at radius 2 is 0.454 bits per heavy atom. The third-order valence-electron chi connectivity index (χ3n) is 27.1. The maximum atomic E-state index is 13.5. The van der Waals surface area contributed by atoms with Crippen molar-refractivity contribution in [1.29, 1.82) is 0 Å². The molecule has 8 aromatic rings. The number of phenolic OH excluding ortho intramolecular Hbond substituents is 4. The van der Waals surface area contributed by atoms with Crippen LogP contribution in [0.2, 0.25) is 0 Å². The normalized spacial score (nSPS) is 26.8. The molecule has 0 unspecified atom stereocenters. The van der Waals surface area contributed by atoms with E-state index >= 15 is 0 Å². The van der Waals surface area contributed by atoms with Crippen LogP contribution in [0.25, 0.3) is 43.1 Å². The number of carbonyl (C=O) groups is 4. The molecule has 710 valence electrons. The minimum absolute atomic E-state index is 0.107.